The fourth-order valence-corrected chi connectivity index (χ4v) is 2.93. The predicted octanol–water partition coefficient (Wildman–Crippen LogP) is 1.78. The molecule has 2 rings (SSSR count). The van der Waals surface area contributed by atoms with E-state index in [4.69, 9.17) is 10.2 Å². The highest BCUT2D eigenvalue weighted by Crippen LogP contribution is 2.29. The van der Waals surface area contributed by atoms with E-state index < -0.39 is 11.9 Å². The van der Waals surface area contributed by atoms with Gasteiger partial charge in [0.25, 0.3) is 11.1 Å². The summed E-state index contributed by atoms with van der Waals surface area (Å²) in [6.45, 7) is 1.97. The number of hydrogen-bond acceptors (Lipinski definition) is 7. The molecule has 0 bridgehead atoms. The number of carbonyl (C=O) groups excluding carboxylic acids is 2. The van der Waals surface area contributed by atoms with Gasteiger partial charge in [0.05, 0.1) is 4.88 Å². The van der Waals surface area contributed by atoms with Crippen molar-refractivity contribution in [3.05, 3.63) is 17.0 Å². The average molecular weight is 312 g/mol. The molecule has 3 amide bonds. The Hall–Kier alpha value is -1.87. The van der Waals surface area contributed by atoms with Crippen molar-refractivity contribution in [3.63, 3.8) is 0 Å². The number of imide groups is 1. The molecule has 2 aromatic heterocycles. The zero-order valence-corrected chi connectivity index (χ0v) is 12.2. The largest absolute Gasteiger partial charge is 0.410 e. The Bertz CT molecular complexity index is 623. The summed E-state index contributed by atoms with van der Waals surface area (Å²) in [4.78, 5) is 22.6. The Labute approximate surface area is 122 Å². The summed E-state index contributed by atoms with van der Waals surface area (Å²) < 4.78 is 5.50. The van der Waals surface area contributed by atoms with Crippen molar-refractivity contribution in [3.8, 4) is 10.8 Å². The summed E-state index contributed by atoms with van der Waals surface area (Å²) in [5, 5.41) is 12.2. The SMILES string of the molecule is Cc1ccsc1-c1nnc(SCCC(=O)NC(N)=O)o1. The minimum absolute atomic E-state index is 0.142. The molecule has 0 aromatic carbocycles. The molecule has 0 radical (unpaired) electrons. The van der Waals surface area contributed by atoms with E-state index in [0.29, 0.717) is 16.9 Å². The summed E-state index contributed by atoms with van der Waals surface area (Å²) in [6.07, 6.45) is 0.142. The van der Waals surface area contributed by atoms with Crippen LogP contribution in [0.4, 0.5) is 4.79 Å². The maximum atomic E-state index is 11.2. The number of rotatable bonds is 5. The minimum Gasteiger partial charge on any atom is -0.410 e. The maximum absolute atomic E-state index is 11.2. The van der Waals surface area contributed by atoms with Gasteiger partial charge in [-0.25, -0.2) is 4.79 Å². The van der Waals surface area contributed by atoms with E-state index in [0.717, 1.165) is 10.4 Å². The molecule has 3 N–H and O–H groups in total. The number of thioether (sulfide) groups is 1. The molecule has 0 aliphatic rings. The second-order valence-corrected chi connectivity index (χ2v) is 5.78. The van der Waals surface area contributed by atoms with E-state index in [1.54, 1.807) is 0 Å². The van der Waals surface area contributed by atoms with Crippen LogP contribution < -0.4 is 11.1 Å². The second-order valence-electron chi connectivity index (χ2n) is 3.82. The van der Waals surface area contributed by atoms with Gasteiger partial charge in [-0.3, -0.25) is 10.1 Å². The molecule has 20 heavy (non-hydrogen) atoms. The zero-order chi connectivity index (χ0) is 14.5. The molecule has 0 saturated carbocycles. The van der Waals surface area contributed by atoms with Gasteiger partial charge >= 0.3 is 6.03 Å². The average Bonchev–Trinajstić information content (AvgIpc) is 2.96. The first kappa shape index (κ1) is 14.5. The van der Waals surface area contributed by atoms with Crippen molar-refractivity contribution in [2.24, 2.45) is 5.73 Å². The van der Waals surface area contributed by atoms with Gasteiger partial charge in [0.1, 0.15) is 0 Å². The lowest BCUT2D eigenvalue weighted by Gasteiger charge is -1.98. The van der Waals surface area contributed by atoms with E-state index in [1.165, 1.54) is 23.1 Å². The molecule has 0 saturated heterocycles. The van der Waals surface area contributed by atoms with Crippen LogP contribution in [-0.2, 0) is 4.79 Å². The topological polar surface area (TPSA) is 111 Å². The van der Waals surface area contributed by atoms with Crippen molar-refractivity contribution >= 4 is 35.0 Å². The number of primary amides is 1. The lowest BCUT2D eigenvalue weighted by atomic mass is 10.3. The summed E-state index contributed by atoms with van der Waals surface area (Å²) in [6, 6.07) is 1.12. The van der Waals surface area contributed by atoms with Crippen LogP contribution in [0, 0.1) is 6.92 Å². The molecular weight excluding hydrogens is 300 g/mol. The number of thiophene rings is 1. The first-order chi connectivity index (χ1) is 9.56. The van der Waals surface area contributed by atoms with Crippen LogP contribution in [0.3, 0.4) is 0 Å². The van der Waals surface area contributed by atoms with Crippen LogP contribution >= 0.6 is 23.1 Å². The summed E-state index contributed by atoms with van der Waals surface area (Å²) in [7, 11) is 0. The maximum Gasteiger partial charge on any atom is 0.318 e. The number of nitrogens with two attached hydrogens (primary N) is 1. The lowest BCUT2D eigenvalue weighted by molar-refractivity contribution is -0.119. The number of nitrogens with one attached hydrogen (secondary N) is 1. The van der Waals surface area contributed by atoms with Gasteiger partial charge in [-0.1, -0.05) is 11.8 Å². The van der Waals surface area contributed by atoms with E-state index in [1.807, 2.05) is 23.7 Å². The zero-order valence-electron chi connectivity index (χ0n) is 10.6. The highest BCUT2D eigenvalue weighted by atomic mass is 32.2. The van der Waals surface area contributed by atoms with Crippen LogP contribution in [0.15, 0.2) is 21.1 Å². The van der Waals surface area contributed by atoms with Crippen molar-refractivity contribution in [2.75, 3.05) is 5.75 Å². The fraction of sp³-hybridized carbons (Fsp3) is 0.273. The smallest absolute Gasteiger partial charge is 0.318 e. The molecule has 106 valence electrons. The second kappa shape index (κ2) is 6.53. The third-order valence-electron chi connectivity index (χ3n) is 2.28. The Kier molecular flexibility index (Phi) is 4.74. The highest BCUT2D eigenvalue weighted by Gasteiger charge is 2.13. The third-order valence-corrected chi connectivity index (χ3v) is 4.10. The number of aryl methyl sites for hydroxylation is 1. The first-order valence-electron chi connectivity index (χ1n) is 5.66. The molecule has 9 heteroatoms. The highest BCUT2D eigenvalue weighted by molar-refractivity contribution is 7.99. The first-order valence-corrected chi connectivity index (χ1v) is 7.53. The van der Waals surface area contributed by atoms with Crippen LogP contribution in [0.25, 0.3) is 10.8 Å². The Balaban J connectivity index is 1.86. The van der Waals surface area contributed by atoms with Gasteiger partial charge in [0.2, 0.25) is 5.91 Å². The van der Waals surface area contributed by atoms with Crippen LogP contribution in [0.5, 0.6) is 0 Å². The molecule has 0 aliphatic heterocycles. The molecule has 7 nitrogen and oxygen atoms in total. The Morgan fingerprint density at radius 1 is 1.50 bits per heavy atom. The molecule has 0 fully saturated rings. The number of aromatic nitrogens is 2. The van der Waals surface area contributed by atoms with Gasteiger partial charge in [0, 0.05) is 12.2 Å². The van der Waals surface area contributed by atoms with Gasteiger partial charge in [-0.05, 0) is 23.9 Å². The van der Waals surface area contributed by atoms with Crippen molar-refractivity contribution < 1.29 is 14.0 Å². The number of amides is 3. The predicted molar refractivity (Wildman–Crippen MR) is 75.4 cm³/mol. The van der Waals surface area contributed by atoms with Crippen LogP contribution in [0.1, 0.15) is 12.0 Å². The van der Waals surface area contributed by atoms with Crippen LogP contribution in [-0.4, -0.2) is 27.9 Å². The van der Waals surface area contributed by atoms with Gasteiger partial charge in [-0.2, -0.15) is 0 Å². The molecular formula is C11H12N4O3S2. The van der Waals surface area contributed by atoms with Gasteiger partial charge < -0.3 is 10.2 Å². The Morgan fingerprint density at radius 2 is 2.30 bits per heavy atom. The number of carbonyl (C=O) groups is 2. The van der Waals surface area contributed by atoms with Crippen molar-refractivity contribution in [1.82, 2.24) is 15.5 Å². The molecule has 0 unspecified atom stereocenters. The number of nitrogens with zero attached hydrogens (tertiary/aromatic N) is 2. The number of urea groups is 1. The standard InChI is InChI=1S/C11H12N4O3S2/c1-6-2-4-19-8(6)9-14-15-11(18-9)20-5-3-7(16)13-10(12)17/h2,4H,3,5H2,1H3,(H3,12,13,16,17). The van der Waals surface area contributed by atoms with E-state index >= 15 is 0 Å². The summed E-state index contributed by atoms with van der Waals surface area (Å²) >= 11 is 2.78. The van der Waals surface area contributed by atoms with Crippen molar-refractivity contribution in [2.45, 2.75) is 18.6 Å². The van der Waals surface area contributed by atoms with E-state index in [9.17, 15) is 9.59 Å². The molecule has 2 heterocycles. The summed E-state index contributed by atoms with van der Waals surface area (Å²) in [5.41, 5.74) is 5.91. The monoisotopic (exact) mass is 312 g/mol. The fourth-order valence-electron chi connectivity index (χ4n) is 1.38. The van der Waals surface area contributed by atoms with E-state index in [2.05, 4.69) is 10.2 Å². The van der Waals surface area contributed by atoms with E-state index in [-0.39, 0.29) is 6.42 Å². The Morgan fingerprint density at radius 3 is 2.95 bits per heavy atom. The quantitative estimate of drug-likeness (QED) is 0.814. The molecule has 2 aromatic rings. The molecule has 0 atom stereocenters. The number of hydrogen-bond donors (Lipinski definition) is 2. The normalized spacial score (nSPS) is 10.4. The van der Waals surface area contributed by atoms with Crippen molar-refractivity contribution in [1.29, 1.82) is 0 Å². The molecule has 0 spiro atoms. The van der Waals surface area contributed by atoms with Crippen LogP contribution in [0.2, 0.25) is 0 Å². The summed E-state index contributed by atoms with van der Waals surface area (Å²) in [5.74, 6) is 0.463. The van der Waals surface area contributed by atoms with Gasteiger partial charge in [-0.15, -0.1) is 21.5 Å². The minimum atomic E-state index is -0.853. The third kappa shape index (κ3) is 3.81. The van der Waals surface area contributed by atoms with Gasteiger partial charge in [0.15, 0.2) is 0 Å². The lowest BCUT2D eigenvalue weighted by Crippen LogP contribution is -2.35. The molecule has 0 aliphatic carbocycles.